The maximum absolute atomic E-state index is 2.74. The van der Waals surface area contributed by atoms with E-state index >= 15 is 0 Å². The molecule has 0 N–H and O–H groups in total. The molecule has 3 rings (SSSR count). The molecule has 0 nitrogen and oxygen atoms in total. The van der Waals surface area contributed by atoms with E-state index < -0.39 is 0 Å². The normalized spacial score (nSPS) is 28.7. The van der Waals surface area contributed by atoms with Crippen LogP contribution in [-0.2, 0) is 0 Å². The quantitative estimate of drug-likeness (QED) is 0.404. The van der Waals surface area contributed by atoms with Gasteiger partial charge in [0.15, 0.2) is 0 Å². The lowest BCUT2D eigenvalue weighted by atomic mass is 9.20. The van der Waals surface area contributed by atoms with Gasteiger partial charge in [-0.1, -0.05) is 159 Å². The van der Waals surface area contributed by atoms with Gasteiger partial charge in [0.2, 0.25) is 0 Å². The van der Waals surface area contributed by atoms with E-state index in [1.807, 2.05) is 0 Å². The fraction of sp³-hybridized carbons (Fsp3) is 1.00. The smallest absolute Gasteiger partial charge is 0.0673 e. The molecule has 0 unspecified atom stereocenters. The average molecular weight is 412 g/mol. The molecule has 0 aromatic rings. The van der Waals surface area contributed by atoms with Crippen LogP contribution in [-0.4, -0.2) is 14.3 Å². The Balaban J connectivity index is 1.58. The highest BCUT2D eigenvalue weighted by atomic mass is 14.5. The van der Waals surface area contributed by atoms with E-state index in [2.05, 4.69) is 13.8 Å². The van der Waals surface area contributed by atoms with Crippen molar-refractivity contribution in [1.82, 2.24) is 0 Å². The van der Waals surface area contributed by atoms with Gasteiger partial charge < -0.3 is 0 Å². The second kappa shape index (κ2) is 12.4. The fourth-order valence-electron chi connectivity index (χ4n) is 7.31. The van der Waals surface area contributed by atoms with Crippen LogP contribution in [0.5, 0.6) is 0 Å². The monoisotopic (exact) mass is 412 g/mol. The summed E-state index contributed by atoms with van der Waals surface area (Å²) in [5, 5.41) is 1.37. The Morgan fingerprint density at radius 2 is 0.700 bits per heavy atom. The van der Waals surface area contributed by atoms with Crippen molar-refractivity contribution in [3.8, 4) is 0 Å². The molecule has 0 bridgehead atoms. The summed E-state index contributed by atoms with van der Waals surface area (Å²) < 4.78 is 0. The van der Waals surface area contributed by atoms with E-state index in [0.29, 0.717) is 10.7 Å². The third-order valence-electron chi connectivity index (χ3n) is 10.1. The molecule has 3 aliphatic carbocycles. The van der Waals surface area contributed by atoms with Crippen LogP contribution in [0.25, 0.3) is 0 Å². The molecule has 0 aliphatic heterocycles. The minimum atomic E-state index is 0.641. The topological polar surface area (TPSA) is 0 Å². The van der Waals surface area contributed by atoms with Crippen LogP contribution in [0.15, 0.2) is 0 Å². The Labute approximate surface area is 192 Å². The molecule has 0 atom stereocenters. The Kier molecular flexibility index (Phi) is 10.2. The van der Waals surface area contributed by atoms with Gasteiger partial charge in [-0.3, -0.25) is 0 Å². The van der Waals surface area contributed by atoms with Crippen molar-refractivity contribution in [2.75, 3.05) is 0 Å². The number of hydrogen-bond acceptors (Lipinski definition) is 0. The second-order valence-corrected chi connectivity index (χ2v) is 12.7. The minimum Gasteiger partial charge on any atom is -0.0673 e. The van der Waals surface area contributed by atoms with Gasteiger partial charge in [-0.15, -0.1) is 0 Å². The van der Waals surface area contributed by atoms with Gasteiger partial charge in [-0.05, 0) is 18.3 Å². The van der Waals surface area contributed by atoms with Gasteiger partial charge in [-0.25, -0.2) is 0 Å². The predicted molar refractivity (Wildman–Crippen MR) is 140 cm³/mol. The molecule has 0 aromatic carbocycles. The Hall–Kier alpha value is 0.130. The van der Waals surface area contributed by atoms with Crippen LogP contribution >= 0.6 is 0 Å². The lowest BCUT2D eigenvalue weighted by Crippen LogP contribution is -2.35. The van der Waals surface area contributed by atoms with E-state index in [4.69, 9.17) is 0 Å². The van der Waals surface area contributed by atoms with Crippen LogP contribution < -0.4 is 0 Å². The highest BCUT2D eigenvalue weighted by Crippen LogP contribution is 2.68. The zero-order valence-corrected chi connectivity index (χ0v) is 21.2. The maximum atomic E-state index is 2.74. The molecule has 3 saturated carbocycles. The van der Waals surface area contributed by atoms with Gasteiger partial charge >= 0.3 is 0 Å². The van der Waals surface area contributed by atoms with Crippen molar-refractivity contribution in [3.05, 3.63) is 0 Å². The van der Waals surface area contributed by atoms with Gasteiger partial charge in [0.25, 0.3) is 0 Å². The largest absolute Gasteiger partial charge is 0.0959 e. The van der Waals surface area contributed by atoms with Gasteiger partial charge in [-0.2, -0.15) is 0 Å². The summed E-state index contributed by atoms with van der Waals surface area (Å²) in [5.41, 5.74) is 0.649. The second-order valence-electron chi connectivity index (χ2n) is 12.7. The summed E-state index contributed by atoms with van der Waals surface area (Å²) in [6, 6.07) is 0. The van der Waals surface area contributed by atoms with Gasteiger partial charge in [0.05, 0.1) is 14.3 Å². The summed E-state index contributed by atoms with van der Waals surface area (Å²) in [5.74, 6) is 0. The zero-order valence-electron chi connectivity index (χ0n) is 21.2. The average Bonchev–Trinajstić information content (AvgIpc) is 3.52. The zero-order chi connectivity index (χ0) is 21.2. The number of rotatable bonds is 4. The minimum absolute atomic E-state index is 0.641. The van der Waals surface area contributed by atoms with Crippen molar-refractivity contribution in [1.29, 1.82) is 0 Å². The van der Waals surface area contributed by atoms with Crippen LogP contribution in [0.2, 0.25) is 10.6 Å². The first-order chi connectivity index (χ1) is 14.6. The van der Waals surface area contributed by atoms with E-state index in [-0.39, 0.29) is 0 Å². The van der Waals surface area contributed by atoms with Crippen LogP contribution in [0.1, 0.15) is 162 Å². The third-order valence-corrected chi connectivity index (χ3v) is 10.1. The predicted octanol–water partition coefficient (Wildman–Crippen LogP) is 9.13. The summed E-state index contributed by atoms with van der Waals surface area (Å²) in [6.45, 7) is 5.43. The van der Waals surface area contributed by atoms with Crippen LogP contribution in [0.4, 0.5) is 0 Å². The van der Waals surface area contributed by atoms with Gasteiger partial charge in [0, 0.05) is 0 Å². The summed E-state index contributed by atoms with van der Waals surface area (Å²) in [7, 11) is 3.09. The first-order valence-corrected chi connectivity index (χ1v) is 14.6. The Bertz CT molecular complexity index is 443. The van der Waals surface area contributed by atoms with E-state index in [1.54, 1.807) is 20.0 Å². The molecule has 0 saturated heterocycles. The Morgan fingerprint density at radius 1 is 0.367 bits per heavy atom. The SMILES string of the molecule is CC1(BBC2(C3(C)CCCCCCCCCCC3)CC2)CCCCCCCCCC1. The van der Waals surface area contributed by atoms with Crippen molar-refractivity contribution in [3.63, 3.8) is 0 Å². The molecular formula is C28H54B2. The molecule has 2 heteroatoms. The van der Waals surface area contributed by atoms with E-state index in [9.17, 15) is 0 Å². The first kappa shape index (κ1) is 24.8. The van der Waals surface area contributed by atoms with Crippen molar-refractivity contribution >= 4 is 14.3 Å². The van der Waals surface area contributed by atoms with Crippen LogP contribution in [0, 0.1) is 5.41 Å². The van der Waals surface area contributed by atoms with Crippen LogP contribution in [0.3, 0.4) is 0 Å². The molecule has 3 fully saturated rings. The van der Waals surface area contributed by atoms with Crippen molar-refractivity contribution in [2.24, 2.45) is 5.41 Å². The lowest BCUT2D eigenvalue weighted by Gasteiger charge is -2.41. The molecule has 3 aliphatic rings. The number of hydrogen-bond donors (Lipinski definition) is 0. The van der Waals surface area contributed by atoms with E-state index in [1.165, 1.54) is 142 Å². The molecule has 0 radical (unpaired) electrons. The molecule has 0 heterocycles. The summed E-state index contributed by atoms with van der Waals surface area (Å²) in [6.07, 6.45) is 34.7. The molecule has 172 valence electrons. The summed E-state index contributed by atoms with van der Waals surface area (Å²) >= 11 is 0. The third kappa shape index (κ3) is 7.62. The van der Waals surface area contributed by atoms with Crippen molar-refractivity contribution < 1.29 is 0 Å². The molecule has 0 spiro atoms. The highest BCUT2D eigenvalue weighted by molar-refractivity contribution is 7.03. The van der Waals surface area contributed by atoms with Gasteiger partial charge in [0.1, 0.15) is 0 Å². The fourth-order valence-corrected chi connectivity index (χ4v) is 7.31. The lowest BCUT2D eigenvalue weighted by molar-refractivity contribution is 0.218. The molecule has 30 heavy (non-hydrogen) atoms. The van der Waals surface area contributed by atoms with E-state index in [0.717, 1.165) is 5.31 Å². The first-order valence-electron chi connectivity index (χ1n) is 14.6. The molecule has 0 amide bonds. The van der Waals surface area contributed by atoms with Crippen molar-refractivity contribution in [2.45, 2.75) is 172 Å². The maximum Gasteiger partial charge on any atom is 0.0959 e. The standard InChI is InChI=1S/C28H54B2/c1-26(20-16-12-8-4-3-5-9-13-17-21-26)28(24-25-28)30-29-27(2)22-18-14-10-6-7-11-15-19-23-27/h29-30H,3-25H2,1-2H3. The molecular weight excluding hydrogens is 358 g/mol. The highest BCUT2D eigenvalue weighted by Gasteiger charge is 2.55. The summed E-state index contributed by atoms with van der Waals surface area (Å²) in [4.78, 5) is 0. The Morgan fingerprint density at radius 3 is 1.07 bits per heavy atom. The molecule has 0 aromatic heterocycles.